The normalized spacial score (nSPS) is 10.4. The summed E-state index contributed by atoms with van der Waals surface area (Å²) >= 11 is 6.01. The molecule has 0 atom stereocenters. The number of anilines is 2. The van der Waals surface area contributed by atoms with Gasteiger partial charge in [-0.25, -0.2) is 9.97 Å². The molecule has 0 aliphatic carbocycles. The number of hydrogen-bond donors (Lipinski definition) is 1. The highest BCUT2D eigenvalue weighted by Crippen LogP contribution is 2.33. The van der Waals surface area contributed by atoms with Crippen LogP contribution in [0.5, 0.6) is 11.5 Å². The van der Waals surface area contributed by atoms with E-state index >= 15 is 0 Å². The van der Waals surface area contributed by atoms with Crippen molar-refractivity contribution in [3.8, 4) is 22.8 Å². The zero-order valence-corrected chi connectivity index (χ0v) is 15.0. The van der Waals surface area contributed by atoms with E-state index in [9.17, 15) is 0 Å². The summed E-state index contributed by atoms with van der Waals surface area (Å²) < 4.78 is 10.9. The molecule has 3 aromatic rings. The Morgan fingerprint density at radius 2 is 1.72 bits per heavy atom. The number of aromatic nitrogens is 2. The molecule has 0 saturated heterocycles. The molecule has 0 bridgehead atoms. The van der Waals surface area contributed by atoms with Crippen LogP contribution >= 0.6 is 11.6 Å². The van der Waals surface area contributed by atoms with E-state index in [1.165, 1.54) is 0 Å². The molecule has 1 heterocycles. The minimum atomic E-state index is 0.485. The number of halogens is 1. The van der Waals surface area contributed by atoms with Crippen LogP contribution in [0.25, 0.3) is 11.3 Å². The van der Waals surface area contributed by atoms with E-state index in [2.05, 4.69) is 15.3 Å². The topological polar surface area (TPSA) is 56.3 Å². The van der Waals surface area contributed by atoms with Crippen LogP contribution in [0.3, 0.4) is 0 Å². The fraction of sp³-hybridized carbons (Fsp3) is 0.158. The number of benzene rings is 2. The maximum Gasteiger partial charge on any atom is 0.227 e. The predicted molar refractivity (Wildman–Crippen MR) is 100 cm³/mol. The van der Waals surface area contributed by atoms with Crippen LogP contribution < -0.4 is 14.8 Å². The van der Waals surface area contributed by atoms with Gasteiger partial charge in [-0.1, -0.05) is 17.7 Å². The van der Waals surface area contributed by atoms with Crippen molar-refractivity contribution >= 4 is 23.2 Å². The number of nitrogens with one attached hydrogen (secondary N) is 1. The van der Waals surface area contributed by atoms with Gasteiger partial charge in [-0.3, -0.25) is 0 Å². The summed E-state index contributed by atoms with van der Waals surface area (Å²) in [4.78, 5) is 8.84. The van der Waals surface area contributed by atoms with Crippen molar-refractivity contribution in [2.75, 3.05) is 19.5 Å². The van der Waals surface area contributed by atoms with E-state index in [-0.39, 0.29) is 0 Å². The van der Waals surface area contributed by atoms with Crippen LogP contribution in [0, 0.1) is 6.92 Å². The molecule has 0 aliphatic heterocycles. The van der Waals surface area contributed by atoms with Gasteiger partial charge in [0.25, 0.3) is 0 Å². The first kappa shape index (κ1) is 17.0. The number of nitrogens with zero attached hydrogens (tertiary/aromatic N) is 2. The Bertz CT molecular complexity index is 874. The fourth-order valence-electron chi connectivity index (χ4n) is 2.51. The molecule has 1 N–H and O–H groups in total. The molecule has 0 fully saturated rings. The molecule has 25 heavy (non-hydrogen) atoms. The highest BCUT2D eigenvalue weighted by molar-refractivity contribution is 6.30. The third kappa shape index (κ3) is 3.83. The van der Waals surface area contributed by atoms with E-state index in [4.69, 9.17) is 21.1 Å². The summed E-state index contributed by atoms with van der Waals surface area (Å²) in [6.45, 7) is 1.95. The standard InChI is InChI=1S/C19H18ClN3O2/c1-12-17(24-2)9-13(10-18(12)25-3)16-7-8-21-19(23-16)22-15-6-4-5-14(20)11-15/h4-11H,1-3H3,(H,21,22,23). The quantitative estimate of drug-likeness (QED) is 0.707. The molecule has 5 nitrogen and oxygen atoms in total. The molecule has 0 amide bonds. The third-order valence-electron chi connectivity index (χ3n) is 3.78. The molecule has 6 heteroatoms. The molecular weight excluding hydrogens is 338 g/mol. The first-order valence-corrected chi connectivity index (χ1v) is 8.07. The molecule has 0 saturated carbocycles. The molecule has 0 spiro atoms. The van der Waals surface area contributed by atoms with Crippen molar-refractivity contribution < 1.29 is 9.47 Å². The Balaban J connectivity index is 1.96. The summed E-state index contributed by atoms with van der Waals surface area (Å²) in [5.41, 5.74) is 3.41. The van der Waals surface area contributed by atoms with Gasteiger partial charge in [0.15, 0.2) is 0 Å². The Morgan fingerprint density at radius 1 is 1.00 bits per heavy atom. The average molecular weight is 356 g/mol. The van der Waals surface area contributed by atoms with Gasteiger partial charge >= 0.3 is 0 Å². The lowest BCUT2D eigenvalue weighted by atomic mass is 10.1. The Morgan fingerprint density at radius 3 is 2.36 bits per heavy atom. The Hall–Kier alpha value is -2.79. The van der Waals surface area contributed by atoms with Crippen molar-refractivity contribution in [2.24, 2.45) is 0 Å². The van der Waals surface area contributed by atoms with Crippen LogP contribution in [0.4, 0.5) is 11.6 Å². The van der Waals surface area contributed by atoms with Gasteiger partial charge in [0.05, 0.1) is 19.9 Å². The lowest BCUT2D eigenvalue weighted by Crippen LogP contribution is -1.99. The highest BCUT2D eigenvalue weighted by Gasteiger charge is 2.11. The summed E-state index contributed by atoms with van der Waals surface area (Å²) in [7, 11) is 3.27. The van der Waals surface area contributed by atoms with Gasteiger partial charge in [0, 0.05) is 28.0 Å². The first-order chi connectivity index (χ1) is 12.1. The number of ether oxygens (including phenoxy) is 2. The minimum absolute atomic E-state index is 0.485. The largest absolute Gasteiger partial charge is 0.496 e. The monoisotopic (exact) mass is 355 g/mol. The molecule has 2 aromatic carbocycles. The molecule has 3 rings (SSSR count). The van der Waals surface area contributed by atoms with Crippen LogP contribution in [-0.4, -0.2) is 24.2 Å². The van der Waals surface area contributed by atoms with Gasteiger partial charge in [0.2, 0.25) is 5.95 Å². The second-order valence-corrected chi connectivity index (χ2v) is 5.84. The highest BCUT2D eigenvalue weighted by atomic mass is 35.5. The molecular formula is C19H18ClN3O2. The summed E-state index contributed by atoms with van der Waals surface area (Å²) in [5, 5.41) is 3.80. The molecule has 0 radical (unpaired) electrons. The molecule has 128 valence electrons. The third-order valence-corrected chi connectivity index (χ3v) is 4.02. The lowest BCUT2D eigenvalue weighted by Gasteiger charge is -2.13. The smallest absolute Gasteiger partial charge is 0.227 e. The second-order valence-electron chi connectivity index (χ2n) is 5.41. The number of methoxy groups -OCH3 is 2. The number of hydrogen-bond acceptors (Lipinski definition) is 5. The fourth-order valence-corrected chi connectivity index (χ4v) is 2.70. The Labute approximate surface area is 151 Å². The molecule has 0 aliphatic rings. The zero-order chi connectivity index (χ0) is 17.8. The summed E-state index contributed by atoms with van der Waals surface area (Å²) in [6, 6.07) is 13.1. The van der Waals surface area contributed by atoms with Crippen LogP contribution in [0.15, 0.2) is 48.7 Å². The van der Waals surface area contributed by atoms with Gasteiger partial charge < -0.3 is 14.8 Å². The van der Waals surface area contributed by atoms with Crippen LogP contribution in [0.2, 0.25) is 5.02 Å². The second kappa shape index (κ2) is 7.40. The van der Waals surface area contributed by atoms with E-state index in [1.807, 2.05) is 49.4 Å². The van der Waals surface area contributed by atoms with Crippen molar-refractivity contribution in [1.29, 1.82) is 0 Å². The van der Waals surface area contributed by atoms with Crippen LogP contribution in [-0.2, 0) is 0 Å². The maximum absolute atomic E-state index is 6.01. The molecule has 1 aromatic heterocycles. The van der Waals surface area contributed by atoms with Crippen molar-refractivity contribution in [3.05, 3.63) is 59.2 Å². The van der Waals surface area contributed by atoms with E-state index in [1.54, 1.807) is 20.4 Å². The van der Waals surface area contributed by atoms with Crippen LogP contribution in [0.1, 0.15) is 5.56 Å². The van der Waals surface area contributed by atoms with Crippen molar-refractivity contribution in [1.82, 2.24) is 9.97 Å². The lowest BCUT2D eigenvalue weighted by molar-refractivity contribution is 0.389. The average Bonchev–Trinajstić information content (AvgIpc) is 2.62. The van der Waals surface area contributed by atoms with Gasteiger partial charge in [0.1, 0.15) is 11.5 Å². The van der Waals surface area contributed by atoms with Gasteiger partial charge in [-0.2, -0.15) is 0 Å². The summed E-state index contributed by atoms with van der Waals surface area (Å²) in [6.07, 6.45) is 1.70. The van der Waals surface area contributed by atoms with E-state index in [0.717, 1.165) is 34.0 Å². The van der Waals surface area contributed by atoms with Gasteiger partial charge in [-0.05, 0) is 43.3 Å². The van der Waals surface area contributed by atoms with E-state index < -0.39 is 0 Å². The summed E-state index contributed by atoms with van der Waals surface area (Å²) in [5.74, 6) is 1.98. The predicted octanol–water partition coefficient (Wildman–Crippen LogP) is 4.87. The van der Waals surface area contributed by atoms with E-state index in [0.29, 0.717) is 11.0 Å². The molecule has 0 unspecified atom stereocenters. The van der Waals surface area contributed by atoms with Crippen molar-refractivity contribution in [2.45, 2.75) is 6.92 Å². The van der Waals surface area contributed by atoms with Gasteiger partial charge in [-0.15, -0.1) is 0 Å². The first-order valence-electron chi connectivity index (χ1n) is 7.69. The number of rotatable bonds is 5. The minimum Gasteiger partial charge on any atom is -0.496 e. The maximum atomic E-state index is 6.01. The SMILES string of the molecule is COc1cc(-c2ccnc(Nc3cccc(Cl)c3)n2)cc(OC)c1C. The zero-order valence-electron chi connectivity index (χ0n) is 14.2. The van der Waals surface area contributed by atoms with Crippen molar-refractivity contribution in [3.63, 3.8) is 0 Å². The Kier molecular flexibility index (Phi) is 5.05.